The van der Waals surface area contributed by atoms with Gasteiger partial charge in [0.1, 0.15) is 0 Å². The minimum atomic E-state index is 0.846. The van der Waals surface area contributed by atoms with Gasteiger partial charge in [0.05, 0.1) is 0 Å². The third-order valence-corrected chi connectivity index (χ3v) is 3.35. The number of unbranched alkanes of at least 4 members (excludes halogenated alkanes) is 4. The van der Waals surface area contributed by atoms with E-state index in [0.29, 0.717) is 0 Å². The summed E-state index contributed by atoms with van der Waals surface area (Å²) in [4.78, 5) is 0. The highest BCUT2D eigenvalue weighted by Gasteiger charge is 2.10. The zero-order valence-electron chi connectivity index (χ0n) is 12.1. The summed E-state index contributed by atoms with van der Waals surface area (Å²) in [5, 5.41) is 0. The van der Waals surface area contributed by atoms with Crippen LogP contribution in [0.2, 0.25) is 0 Å². The number of rotatable bonds is 12. The Labute approximate surface area is 109 Å². The van der Waals surface area contributed by atoms with Gasteiger partial charge < -0.3 is 0 Å². The highest BCUT2D eigenvalue weighted by atomic mass is 14.2. The molecule has 0 radical (unpaired) electrons. The molecule has 0 unspecified atom stereocenters. The van der Waals surface area contributed by atoms with E-state index in [1.165, 1.54) is 57.8 Å². The van der Waals surface area contributed by atoms with Crippen molar-refractivity contribution in [1.82, 2.24) is 0 Å². The van der Waals surface area contributed by atoms with Crippen molar-refractivity contribution in [1.29, 1.82) is 0 Å². The fraction of sp³-hybridized carbons (Fsp3) is 0.765. The number of allylic oxidation sites excluding steroid dienone is 2. The predicted octanol–water partition coefficient (Wildman–Crippen LogP) is 6.14. The lowest BCUT2D eigenvalue weighted by molar-refractivity contribution is 0.343. The SMILES string of the molecule is C=CCCCCC(CCCCC=C)CC(C)C. The van der Waals surface area contributed by atoms with Gasteiger partial charge in [-0.1, -0.05) is 51.7 Å². The maximum Gasteiger partial charge on any atom is -0.0353 e. The van der Waals surface area contributed by atoms with Crippen molar-refractivity contribution >= 4 is 0 Å². The summed E-state index contributed by atoms with van der Waals surface area (Å²) in [6.07, 6.45) is 16.1. The highest BCUT2D eigenvalue weighted by Crippen LogP contribution is 2.24. The molecule has 0 heterocycles. The minimum absolute atomic E-state index is 0.846. The molecule has 17 heavy (non-hydrogen) atoms. The van der Waals surface area contributed by atoms with Gasteiger partial charge in [-0.15, -0.1) is 13.2 Å². The van der Waals surface area contributed by atoms with Crippen LogP contribution < -0.4 is 0 Å². The van der Waals surface area contributed by atoms with Gasteiger partial charge in [-0.3, -0.25) is 0 Å². The van der Waals surface area contributed by atoms with E-state index in [1.54, 1.807) is 0 Å². The van der Waals surface area contributed by atoms with Crippen molar-refractivity contribution in [2.24, 2.45) is 11.8 Å². The zero-order valence-corrected chi connectivity index (χ0v) is 12.1. The van der Waals surface area contributed by atoms with Gasteiger partial charge in [0.25, 0.3) is 0 Å². The van der Waals surface area contributed by atoms with Crippen LogP contribution >= 0.6 is 0 Å². The number of hydrogen-bond donors (Lipinski definition) is 0. The first-order valence-electron chi connectivity index (χ1n) is 7.42. The van der Waals surface area contributed by atoms with Crippen molar-refractivity contribution in [3.63, 3.8) is 0 Å². The van der Waals surface area contributed by atoms with Crippen LogP contribution in [0, 0.1) is 11.8 Å². The minimum Gasteiger partial charge on any atom is -0.103 e. The van der Waals surface area contributed by atoms with Crippen LogP contribution in [-0.4, -0.2) is 0 Å². The lowest BCUT2D eigenvalue weighted by atomic mass is 9.88. The van der Waals surface area contributed by atoms with Crippen LogP contribution in [0.3, 0.4) is 0 Å². The monoisotopic (exact) mass is 236 g/mol. The first kappa shape index (κ1) is 16.5. The van der Waals surface area contributed by atoms with Gasteiger partial charge in [-0.05, 0) is 43.9 Å². The second-order valence-corrected chi connectivity index (χ2v) is 5.64. The van der Waals surface area contributed by atoms with E-state index in [1.807, 2.05) is 12.2 Å². The average Bonchev–Trinajstić information content (AvgIpc) is 2.29. The Bertz CT molecular complexity index is 162. The molecule has 0 aromatic carbocycles. The summed E-state index contributed by atoms with van der Waals surface area (Å²) in [5.41, 5.74) is 0. The Kier molecular flexibility index (Phi) is 11.6. The Morgan fingerprint density at radius 3 is 1.65 bits per heavy atom. The molecule has 0 aliphatic rings. The lowest BCUT2D eigenvalue weighted by Crippen LogP contribution is -2.05. The standard InChI is InChI=1S/C17H32/c1-5-7-9-11-13-17(15-16(3)4)14-12-10-8-6-2/h5-6,16-17H,1-2,7-15H2,3-4H3. The van der Waals surface area contributed by atoms with Crippen LogP contribution in [0.15, 0.2) is 25.3 Å². The molecular formula is C17H32. The van der Waals surface area contributed by atoms with Crippen molar-refractivity contribution in [2.75, 3.05) is 0 Å². The molecule has 0 rings (SSSR count). The third-order valence-electron chi connectivity index (χ3n) is 3.35. The molecule has 0 saturated carbocycles. The van der Waals surface area contributed by atoms with E-state index in [4.69, 9.17) is 0 Å². The van der Waals surface area contributed by atoms with Crippen LogP contribution in [-0.2, 0) is 0 Å². The van der Waals surface area contributed by atoms with Crippen molar-refractivity contribution in [3.05, 3.63) is 25.3 Å². The van der Waals surface area contributed by atoms with E-state index in [9.17, 15) is 0 Å². The van der Waals surface area contributed by atoms with Gasteiger partial charge in [0.15, 0.2) is 0 Å². The van der Waals surface area contributed by atoms with Crippen molar-refractivity contribution in [3.8, 4) is 0 Å². The molecule has 0 heteroatoms. The molecule has 0 N–H and O–H groups in total. The molecule has 0 spiro atoms. The van der Waals surface area contributed by atoms with Crippen LogP contribution in [0.5, 0.6) is 0 Å². The largest absolute Gasteiger partial charge is 0.103 e. The molecule has 0 nitrogen and oxygen atoms in total. The summed E-state index contributed by atoms with van der Waals surface area (Å²) in [6.45, 7) is 12.3. The average molecular weight is 236 g/mol. The topological polar surface area (TPSA) is 0 Å². The molecule has 0 aromatic rings. The zero-order chi connectivity index (χ0) is 12.9. The smallest absolute Gasteiger partial charge is 0.0353 e. The van der Waals surface area contributed by atoms with E-state index >= 15 is 0 Å². The Hall–Kier alpha value is -0.520. The van der Waals surface area contributed by atoms with Crippen molar-refractivity contribution in [2.45, 2.75) is 71.6 Å². The summed E-state index contributed by atoms with van der Waals surface area (Å²) in [7, 11) is 0. The van der Waals surface area contributed by atoms with Crippen LogP contribution in [0.4, 0.5) is 0 Å². The van der Waals surface area contributed by atoms with Gasteiger partial charge >= 0.3 is 0 Å². The predicted molar refractivity (Wildman–Crippen MR) is 80.3 cm³/mol. The summed E-state index contributed by atoms with van der Waals surface area (Å²) >= 11 is 0. The third kappa shape index (κ3) is 11.7. The highest BCUT2D eigenvalue weighted by molar-refractivity contribution is 4.69. The lowest BCUT2D eigenvalue weighted by Gasteiger charge is -2.18. The van der Waals surface area contributed by atoms with Crippen molar-refractivity contribution < 1.29 is 0 Å². The van der Waals surface area contributed by atoms with E-state index in [0.717, 1.165) is 11.8 Å². The second kappa shape index (κ2) is 12.0. The molecule has 0 saturated heterocycles. The fourth-order valence-corrected chi connectivity index (χ4v) is 2.49. The molecule has 0 aliphatic heterocycles. The van der Waals surface area contributed by atoms with Gasteiger partial charge in [-0.25, -0.2) is 0 Å². The number of hydrogen-bond acceptors (Lipinski definition) is 0. The first-order chi connectivity index (χ1) is 8.20. The quantitative estimate of drug-likeness (QED) is 0.282. The molecule has 0 atom stereocenters. The Morgan fingerprint density at radius 2 is 1.29 bits per heavy atom. The van der Waals surface area contributed by atoms with E-state index in [-0.39, 0.29) is 0 Å². The molecule has 0 bridgehead atoms. The first-order valence-corrected chi connectivity index (χ1v) is 7.42. The molecule has 100 valence electrons. The summed E-state index contributed by atoms with van der Waals surface area (Å²) in [5.74, 6) is 1.79. The van der Waals surface area contributed by atoms with Gasteiger partial charge in [0.2, 0.25) is 0 Å². The Morgan fingerprint density at radius 1 is 0.824 bits per heavy atom. The molecule has 0 aliphatic carbocycles. The summed E-state index contributed by atoms with van der Waals surface area (Å²) in [6, 6.07) is 0. The van der Waals surface area contributed by atoms with E-state index < -0.39 is 0 Å². The van der Waals surface area contributed by atoms with Gasteiger partial charge in [0, 0.05) is 0 Å². The molecule has 0 amide bonds. The maximum atomic E-state index is 3.79. The summed E-state index contributed by atoms with van der Waals surface area (Å²) < 4.78 is 0. The normalized spacial score (nSPS) is 11.1. The van der Waals surface area contributed by atoms with Crippen LogP contribution in [0.1, 0.15) is 71.6 Å². The Balaban J connectivity index is 3.71. The van der Waals surface area contributed by atoms with Crippen LogP contribution in [0.25, 0.3) is 0 Å². The second-order valence-electron chi connectivity index (χ2n) is 5.64. The maximum absolute atomic E-state index is 3.79. The fourth-order valence-electron chi connectivity index (χ4n) is 2.49. The van der Waals surface area contributed by atoms with E-state index in [2.05, 4.69) is 27.0 Å². The van der Waals surface area contributed by atoms with Gasteiger partial charge in [-0.2, -0.15) is 0 Å². The molecule has 0 fully saturated rings. The molecule has 0 aromatic heterocycles. The molecular weight excluding hydrogens is 204 g/mol.